The van der Waals surface area contributed by atoms with Crippen LogP contribution in [-0.4, -0.2) is 11.7 Å². The van der Waals surface area contributed by atoms with Crippen LogP contribution in [0.2, 0.25) is 0 Å². The zero-order valence-electron chi connectivity index (χ0n) is 8.80. The number of aliphatic hydroxyl groups excluding tert-OH is 1. The molecule has 0 aromatic heterocycles. The highest BCUT2D eigenvalue weighted by molar-refractivity contribution is 5.44. The predicted octanol–water partition coefficient (Wildman–Crippen LogP) is 2.43. The van der Waals surface area contributed by atoms with Crippen molar-refractivity contribution >= 4 is 0 Å². The second-order valence-corrected chi connectivity index (χ2v) is 3.38. The summed E-state index contributed by atoms with van der Waals surface area (Å²) in [6.07, 6.45) is 1.53. The molecule has 1 aromatic carbocycles. The van der Waals surface area contributed by atoms with Crippen molar-refractivity contribution in [2.75, 3.05) is 6.61 Å². The molecule has 0 heterocycles. The minimum Gasteiger partial charge on any atom is -0.396 e. The summed E-state index contributed by atoms with van der Waals surface area (Å²) >= 11 is 0. The maximum Gasteiger partial charge on any atom is 0.0440 e. The van der Waals surface area contributed by atoms with Crippen molar-refractivity contribution in [2.24, 2.45) is 0 Å². The first-order valence-electron chi connectivity index (χ1n) is 4.91. The van der Waals surface area contributed by atoms with Gasteiger partial charge in [-0.05, 0) is 37.5 Å². The molecular formula is C13H16O. The Labute approximate surface area is 85.8 Å². The summed E-state index contributed by atoms with van der Waals surface area (Å²) in [5.41, 5.74) is 3.63. The summed E-state index contributed by atoms with van der Waals surface area (Å²) in [4.78, 5) is 0. The van der Waals surface area contributed by atoms with Gasteiger partial charge in [0.1, 0.15) is 0 Å². The molecule has 74 valence electrons. The number of aliphatic hydroxyl groups is 1. The minimum absolute atomic E-state index is 0.224. The fourth-order valence-corrected chi connectivity index (χ4v) is 1.21. The standard InChI is InChI=1S/C13H16O/c1-11-7-6-9-13(12(11)2)8-4-3-5-10-14/h6-7,9,14H,3,5,10H2,1-2H3. The highest BCUT2D eigenvalue weighted by Crippen LogP contribution is 2.10. The molecule has 0 aliphatic rings. The average Bonchev–Trinajstić information content (AvgIpc) is 2.19. The van der Waals surface area contributed by atoms with Crippen LogP contribution in [-0.2, 0) is 0 Å². The molecule has 0 atom stereocenters. The summed E-state index contributed by atoms with van der Waals surface area (Å²) in [6.45, 7) is 4.40. The van der Waals surface area contributed by atoms with Crippen molar-refractivity contribution in [3.63, 3.8) is 0 Å². The summed E-state index contributed by atoms with van der Waals surface area (Å²) in [5.74, 6) is 6.19. The first-order valence-corrected chi connectivity index (χ1v) is 4.91. The van der Waals surface area contributed by atoms with E-state index in [1.165, 1.54) is 11.1 Å². The van der Waals surface area contributed by atoms with E-state index in [0.29, 0.717) is 0 Å². The maximum atomic E-state index is 8.59. The third-order valence-corrected chi connectivity index (χ3v) is 2.29. The quantitative estimate of drug-likeness (QED) is 0.558. The zero-order chi connectivity index (χ0) is 10.4. The molecule has 0 fully saturated rings. The topological polar surface area (TPSA) is 20.2 Å². The van der Waals surface area contributed by atoms with Crippen LogP contribution in [0.3, 0.4) is 0 Å². The van der Waals surface area contributed by atoms with Gasteiger partial charge >= 0.3 is 0 Å². The van der Waals surface area contributed by atoms with E-state index >= 15 is 0 Å². The van der Waals surface area contributed by atoms with Gasteiger partial charge in [0.25, 0.3) is 0 Å². The fourth-order valence-electron chi connectivity index (χ4n) is 1.21. The average molecular weight is 188 g/mol. The maximum absolute atomic E-state index is 8.59. The van der Waals surface area contributed by atoms with Crippen LogP contribution in [0.15, 0.2) is 18.2 Å². The van der Waals surface area contributed by atoms with E-state index < -0.39 is 0 Å². The van der Waals surface area contributed by atoms with E-state index in [4.69, 9.17) is 5.11 Å². The Balaban J connectivity index is 2.74. The van der Waals surface area contributed by atoms with Gasteiger partial charge in [0.05, 0.1) is 0 Å². The molecule has 0 unspecified atom stereocenters. The first-order chi connectivity index (χ1) is 6.75. The van der Waals surface area contributed by atoms with Crippen molar-refractivity contribution in [3.05, 3.63) is 34.9 Å². The Morgan fingerprint density at radius 1 is 1.29 bits per heavy atom. The van der Waals surface area contributed by atoms with Gasteiger partial charge in [-0.1, -0.05) is 24.0 Å². The molecule has 0 aliphatic carbocycles. The lowest BCUT2D eigenvalue weighted by Gasteiger charge is -2.00. The Bertz CT molecular complexity index is 355. The first kappa shape index (κ1) is 10.8. The zero-order valence-corrected chi connectivity index (χ0v) is 8.80. The summed E-state index contributed by atoms with van der Waals surface area (Å²) in [6, 6.07) is 6.15. The van der Waals surface area contributed by atoms with E-state index in [1.54, 1.807) is 0 Å². The van der Waals surface area contributed by atoms with Crippen LogP contribution in [0.25, 0.3) is 0 Å². The molecule has 0 amide bonds. The fraction of sp³-hybridized carbons (Fsp3) is 0.385. The highest BCUT2D eigenvalue weighted by atomic mass is 16.2. The van der Waals surface area contributed by atoms with E-state index in [-0.39, 0.29) is 6.61 Å². The molecule has 0 saturated carbocycles. The lowest BCUT2D eigenvalue weighted by atomic mass is 10.0. The molecule has 0 spiro atoms. The number of rotatable bonds is 2. The molecule has 1 rings (SSSR count). The molecule has 0 radical (unpaired) electrons. The molecule has 0 bridgehead atoms. The van der Waals surface area contributed by atoms with Gasteiger partial charge in [-0.3, -0.25) is 0 Å². The van der Waals surface area contributed by atoms with Gasteiger partial charge in [0.15, 0.2) is 0 Å². The molecule has 1 aromatic rings. The third-order valence-electron chi connectivity index (χ3n) is 2.29. The number of hydrogen-bond acceptors (Lipinski definition) is 1. The van der Waals surface area contributed by atoms with E-state index in [1.807, 2.05) is 12.1 Å². The van der Waals surface area contributed by atoms with Crippen molar-refractivity contribution in [1.82, 2.24) is 0 Å². The van der Waals surface area contributed by atoms with Crippen LogP contribution in [0.4, 0.5) is 0 Å². The number of hydrogen-bond donors (Lipinski definition) is 1. The highest BCUT2D eigenvalue weighted by Gasteiger charge is 1.95. The number of aryl methyl sites for hydroxylation is 1. The van der Waals surface area contributed by atoms with Crippen molar-refractivity contribution in [3.8, 4) is 11.8 Å². The molecule has 1 N–H and O–H groups in total. The number of benzene rings is 1. The van der Waals surface area contributed by atoms with Gasteiger partial charge in [-0.25, -0.2) is 0 Å². The van der Waals surface area contributed by atoms with Crippen LogP contribution < -0.4 is 0 Å². The van der Waals surface area contributed by atoms with Crippen LogP contribution in [0.5, 0.6) is 0 Å². The Morgan fingerprint density at radius 2 is 2.07 bits per heavy atom. The largest absolute Gasteiger partial charge is 0.396 e. The predicted molar refractivity (Wildman–Crippen MR) is 59.1 cm³/mol. The Hall–Kier alpha value is -1.26. The van der Waals surface area contributed by atoms with Crippen LogP contribution in [0.1, 0.15) is 29.5 Å². The van der Waals surface area contributed by atoms with Gasteiger partial charge in [-0.15, -0.1) is 0 Å². The van der Waals surface area contributed by atoms with E-state index in [9.17, 15) is 0 Å². The summed E-state index contributed by atoms with van der Waals surface area (Å²) < 4.78 is 0. The lowest BCUT2D eigenvalue weighted by Crippen LogP contribution is -1.86. The van der Waals surface area contributed by atoms with Crippen molar-refractivity contribution < 1.29 is 5.11 Å². The van der Waals surface area contributed by atoms with Crippen LogP contribution in [0, 0.1) is 25.7 Å². The second kappa shape index (κ2) is 5.47. The van der Waals surface area contributed by atoms with Gasteiger partial charge in [0, 0.05) is 18.6 Å². The molecule has 1 heteroatoms. The molecular weight excluding hydrogens is 172 g/mol. The minimum atomic E-state index is 0.224. The summed E-state index contributed by atoms with van der Waals surface area (Å²) in [7, 11) is 0. The third kappa shape index (κ3) is 2.90. The van der Waals surface area contributed by atoms with Gasteiger partial charge < -0.3 is 5.11 Å². The summed E-state index contributed by atoms with van der Waals surface area (Å²) in [5, 5.41) is 8.59. The molecule has 0 aliphatic heterocycles. The molecule has 0 saturated heterocycles. The van der Waals surface area contributed by atoms with Crippen molar-refractivity contribution in [2.45, 2.75) is 26.7 Å². The Morgan fingerprint density at radius 3 is 2.79 bits per heavy atom. The van der Waals surface area contributed by atoms with Crippen LogP contribution >= 0.6 is 0 Å². The SMILES string of the molecule is Cc1cccc(C#CCCCO)c1C. The van der Waals surface area contributed by atoms with Crippen molar-refractivity contribution in [1.29, 1.82) is 0 Å². The van der Waals surface area contributed by atoms with E-state index in [2.05, 4.69) is 31.8 Å². The molecule has 14 heavy (non-hydrogen) atoms. The lowest BCUT2D eigenvalue weighted by molar-refractivity contribution is 0.290. The van der Waals surface area contributed by atoms with Gasteiger partial charge in [-0.2, -0.15) is 0 Å². The van der Waals surface area contributed by atoms with Gasteiger partial charge in [0.2, 0.25) is 0 Å². The monoisotopic (exact) mass is 188 g/mol. The Kier molecular flexibility index (Phi) is 4.22. The normalized spacial score (nSPS) is 9.36. The molecule has 1 nitrogen and oxygen atoms in total. The number of unbranched alkanes of at least 4 members (excludes halogenated alkanes) is 1. The second-order valence-electron chi connectivity index (χ2n) is 3.38. The smallest absolute Gasteiger partial charge is 0.0440 e. The van der Waals surface area contributed by atoms with E-state index in [0.717, 1.165) is 18.4 Å².